The molecule has 0 bridgehead atoms. The molecule has 0 aliphatic heterocycles. The number of carboxylic acid groups (broad SMARTS) is 1. The Balaban J connectivity index is 1.44. The van der Waals surface area contributed by atoms with E-state index in [-0.39, 0.29) is 10.8 Å². The van der Waals surface area contributed by atoms with Crippen molar-refractivity contribution in [1.82, 2.24) is 14.5 Å². The Labute approximate surface area is 221 Å². The van der Waals surface area contributed by atoms with Crippen LogP contribution < -0.4 is 10.0 Å². The molecule has 4 aromatic rings. The van der Waals surface area contributed by atoms with Gasteiger partial charge in [0.05, 0.1) is 10.6 Å². The average Bonchev–Trinajstić information content (AvgIpc) is 3.30. The molecule has 1 atom stereocenters. The summed E-state index contributed by atoms with van der Waals surface area (Å²) in [6.07, 6.45) is 0. The topological polar surface area (TPSA) is 130 Å². The van der Waals surface area contributed by atoms with Crippen LogP contribution in [0.2, 0.25) is 0 Å². The number of carbonyl (C=O) groups is 2. The minimum absolute atomic E-state index is 0.0257. The highest BCUT2D eigenvalue weighted by atomic mass is 32.2. The summed E-state index contributed by atoms with van der Waals surface area (Å²) < 4.78 is 29.2. The Morgan fingerprint density at radius 3 is 2.03 bits per heavy atom. The minimum Gasteiger partial charge on any atom is -0.480 e. The molecule has 3 aromatic carbocycles. The summed E-state index contributed by atoms with van der Waals surface area (Å²) in [5, 5.41) is 16.6. The second-order valence-corrected chi connectivity index (χ2v) is 10.9. The molecule has 1 heterocycles. The number of sulfonamides is 1. The van der Waals surface area contributed by atoms with E-state index in [1.165, 1.54) is 12.1 Å². The monoisotopic (exact) mass is 532 g/mol. The fourth-order valence-electron chi connectivity index (χ4n) is 3.89. The molecule has 1 amide bonds. The van der Waals surface area contributed by atoms with Crippen LogP contribution in [0, 0.1) is 12.8 Å². The van der Waals surface area contributed by atoms with Crippen LogP contribution in [0.1, 0.15) is 30.0 Å². The third kappa shape index (κ3) is 5.99. The summed E-state index contributed by atoms with van der Waals surface area (Å²) in [6, 6.07) is 23.3. The number of hydrogen-bond acceptors (Lipinski definition) is 5. The predicted octanol–water partition coefficient (Wildman–Crippen LogP) is 4.49. The lowest BCUT2D eigenvalue weighted by Gasteiger charge is -2.18. The van der Waals surface area contributed by atoms with E-state index in [2.05, 4.69) is 15.1 Å². The number of hydrogen-bond donors (Lipinski definition) is 3. The normalized spacial score (nSPS) is 12.3. The largest absolute Gasteiger partial charge is 0.480 e. The van der Waals surface area contributed by atoms with Gasteiger partial charge < -0.3 is 10.4 Å². The molecule has 0 aliphatic rings. The zero-order valence-corrected chi connectivity index (χ0v) is 21.9. The Morgan fingerprint density at radius 1 is 0.895 bits per heavy atom. The van der Waals surface area contributed by atoms with Gasteiger partial charge in [-0.1, -0.05) is 56.3 Å². The van der Waals surface area contributed by atoms with Crippen LogP contribution in [-0.2, 0) is 14.8 Å². The molecular weight excluding hydrogens is 504 g/mol. The van der Waals surface area contributed by atoms with Gasteiger partial charge in [0.1, 0.15) is 6.04 Å². The van der Waals surface area contributed by atoms with Crippen molar-refractivity contribution in [3.63, 3.8) is 0 Å². The molecule has 0 radical (unpaired) electrons. The standard InChI is InChI=1S/C28H28N4O5S/c1-18(2)26(28(34)35)31-38(36,37)24-15-11-21(12-16-24)20-9-13-22(14-10-20)29-27(33)25-17-19(3)32(30-25)23-7-5-4-6-8-23/h4-18,26,31H,1-3H3,(H,29,33)(H,34,35). The number of carbonyl (C=O) groups excluding carboxylic acids is 1. The number of anilines is 1. The number of carboxylic acids is 1. The number of aromatic nitrogens is 2. The van der Waals surface area contributed by atoms with Crippen LogP contribution in [0.3, 0.4) is 0 Å². The summed E-state index contributed by atoms with van der Waals surface area (Å²) in [6.45, 7) is 5.15. The number of para-hydroxylation sites is 1. The van der Waals surface area contributed by atoms with Crippen molar-refractivity contribution in [2.45, 2.75) is 31.7 Å². The van der Waals surface area contributed by atoms with Gasteiger partial charge in [0.2, 0.25) is 10.0 Å². The van der Waals surface area contributed by atoms with E-state index < -0.39 is 28.0 Å². The Hall–Kier alpha value is -4.28. The number of benzene rings is 3. The first-order valence-corrected chi connectivity index (χ1v) is 13.4. The zero-order chi connectivity index (χ0) is 27.4. The van der Waals surface area contributed by atoms with E-state index in [9.17, 15) is 23.1 Å². The van der Waals surface area contributed by atoms with Crippen molar-refractivity contribution >= 4 is 27.6 Å². The first-order valence-electron chi connectivity index (χ1n) is 11.9. The molecular formula is C28H28N4O5S. The van der Waals surface area contributed by atoms with Crippen molar-refractivity contribution < 1.29 is 23.1 Å². The third-order valence-electron chi connectivity index (χ3n) is 5.98. The van der Waals surface area contributed by atoms with Gasteiger partial charge in [-0.2, -0.15) is 9.82 Å². The van der Waals surface area contributed by atoms with Gasteiger partial charge in [-0.15, -0.1) is 0 Å². The van der Waals surface area contributed by atoms with Crippen LogP contribution >= 0.6 is 0 Å². The molecule has 1 unspecified atom stereocenters. The van der Waals surface area contributed by atoms with E-state index >= 15 is 0 Å². The molecule has 1 aromatic heterocycles. The number of nitrogens with one attached hydrogen (secondary N) is 2. The van der Waals surface area contributed by atoms with Crippen LogP contribution in [-0.4, -0.2) is 41.2 Å². The quantitative estimate of drug-likeness (QED) is 0.291. The molecule has 0 saturated carbocycles. The lowest BCUT2D eigenvalue weighted by Crippen LogP contribution is -2.44. The lowest BCUT2D eigenvalue weighted by molar-refractivity contribution is -0.140. The van der Waals surface area contributed by atoms with Crippen LogP contribution in [0.15, 0.2) is 89.8 Å². The van der Waals surface area contributed by atoms with E-state index in [0.29, 0.717) is 11.4 Å². The average molecular weight is 533 g/mol. The molecule has 4 rings (SSSR count). The van der Waals surface area contributed by atoms with Gasteiger partial charge in [0.25, 0.3) is 5.91 Å². The number of nitrogens with zero attached hydrogens (tertiary/aromatic N) is 2. The maximum atomic E-state index is 12.8. The second kappa shape index (κ2) is 11.0. The van der Waals surface area contributed by atoms with Crippen molar-refractivity contribution in [3.05, 3.63) is 96.3 Å². The molecule has 0 fully saturated rings. The molecule has 9 nitrogen and oxygen atoms in total. The molecule has 0 aliphatic carbocycles. The number of rotatable bonds is 9. The zero-order valence-electron chi connectivity index (χ0n) is 21.1. The summed E-state index contributed by atoms with van der Waals surface area (Å²) >= 11 is 0. The van der Waals surface area contributed by atoms with Crippen LogP contribution in [0.4, 0.5) is 5.69 Å². The highest BCUT2D eigenvalue weighted by molar-refractivity contribution is 7.89. The molecule has 3 N–H and O–H groups in total. The second-order valence-electron chi connectivity index (χ2n) is 9.16. The molecule has 0 saturated heterocycles. The van der Waals surface area contributed by atoms with Crippen LogP contribution in [0.5, 0.6) is 0 Å². The molecule has 38 heavy (non-hydrogen) atoms. The smallest absolute Gasteiger partial charge is 0.322 e. The minimum atomic E-state index is -4.00. The van der Waals surface area contributed by atoms with Crippen molar-refractivity contribution in [2.75, 3.05) is 5.32 Å². The summed E-state index contributed by atoms with van der Waals surface area (Å²) in [5.74, 6) is -1.98. The van der Waals surface area contributed by atoms with Gasteiger partial charge in [0, 0.05) is 11.4 Å². The SMILES string of the molecule is Cc1cc(C(=O)Nc2ccc(-c3ccc(S(=O)(=O)NC(C(=O)O)C(C)C)cc3)cc2)nn1-c1ccccc1. The molecule has 196 valence electrons. The summed E-state index contributed by atoms with van der Waals surface area (Å²) in [4.78, 5) is 24.1. The summed E-state index contributed by atoms with van der Waals surface area (Å²) in [7, 11) is -4.00. The van der Waals surface area contributed by atoms with Crippen LogP contribution in [0.25, 0.3) is 16.8 Å². The number of aryl methyl sites for hydroxylation is 1. The lowest BCUT2D eigenvalue weighted by atomic mass is 10.1. The van der Waals surface area contributed by atoms with E-state index in [4.69, 9.17) is 0 Å². The fourth-order valence-corrected chi connectivity index (χ4v) is 5.23. The van der Waals surface area contributed by atoms with Crippen molar-refractivity contribution in [3.8, 4) is 16.8 Å². The number of amides is 1. The van der Waals surface area contributed by atoms with E-state index in [1.807, 2.05) is 49.4 Å². The van der Waals surface area contributed by atoms with Gasteiger partial charge in [0.15, 0.2) is 5.69 Å². The maximum Gasteiger partial charge on any atom is 0.322 e. The first kappa shape index (κ1) is 26.8. The Kier molecular flexibility index (Phi) is 7.75. The van der Waals surface area contributed by atoms with Gasteiger partial charge in [-0.3, -0.25) is 9.59 Å². The highest BCUT2D eigenvalue weighted by Crippen LogP contribution is 2.24. The Bertz CT molecular complexity index is 1550. The third-order valence-corrected chi connectivity index (χ3v) is 7.43. The van der Waals surface area contributed by atoms with Gasteiger partial charge in [-0.25, -0.2) is 13.1 Å². The van der Waals surface area contributed by atoms with E-state index in [0.717, 1.165) is 22.5 Å². The van der Waals surface area contributed by atoms with Gasteiger partial charge >= 0.3 is 5.97 Å². The van der Waals surface area contributed by atoms with E-state index in [1.54, 1.807) is 48.9 Å². The highest BCUT2D eigenvalue weighted by Gasteiger charge is 2.28. The van der Waals surface area contributed by atoms with Crippen molar-refractivity contribution in [2.24, 2.45) is 5.92 Å². The summed E-state index contributed by atoms with van der Waals surface area (Å²) in [5.41, 5.74) is 4.16. The fraction of sp³-hybridized carbons (Fsp3) is 0.179. The first-order chi connectivity index (χ1) is 18.0. The number of aliphatic carboxylic acids is 1. The molecule has 10 heteroatoms. The molecule has 0 spiro atoms. The van der Waals surface area contributed by atoms with Crippen molar-refractivity contribution in [1.29, 1.82) is 0 Å². The predicted molar refractivity (Wildman–Crippen MR) is 145 cm³/mol. The Morgan fingerprint density at radius 2 is 1.47 bits per heavy atom. The maximum absolute atomic E-state index is 12.8. The van der Waals surface area contributed by atoms with Gasteiger partial charge in [-0.05, 0) is 66.4 Å².